The minimum atomic E-state index is -0.0493. The largest absolute Gasteiger partial charge is 0.494 e. The van der Waals surface area contributed by atoms with Gasteiger partial charge in [-0.15, -0.1) is 11.3 Å². The van der Waals surface area contributed by atoms with Crippen LogP contribution in [0.15, 0.2) is 71.1 Å². The summed E-state index contributed by atoms with van der Waals surface area (Å²) >= 11 is 1.48. The minimum Gasteiger partial charge on any atom is -0.494 e. The van der Waals surface area contributed by atoms with E-state index in [2.05, 4.69) is 4.98 Å². The lowest BCUT2D eigenvalue weighted by Gasteiger charge is -2.08. The highest BCUT2D eigenvalue weighted by Crippen LogP contribution is 2.31. The van der Waals surface area contributed by atoms with Crippen molar-refractivity contribution in [1.82, 2.24) is 9.55 Å². The molecule has 0 saturated carbocycles. The molecule has 0 N–H and O–H groups in total. The third kappa shape index (κ3) is 3.77. The van der Waals surface area contributed by atoms with E-state index in [4.69, 9.17) is 9.47 Å². The lowest BCUT2D eigenvalue weighted by atomic mass is 10.1. The van der Waals surface area contributed by atoms with E-state index in [1.54, 1.807) is 10.9 Å². The van der Waals surface area contributed by atoms with Crippen LogP contribution < -0.4 is 15.0 Å². The van der Waals surface area contributed by atoms with E-state index >= 15 is 0 Å². The van der Waals surface area contributed by atoms with Gasteiger partial charge >= 0.3 is 0 Å². The van der Waals surface area contributed by atoms with Crippen molar-refractivity contribution in [3.63, 3.8) is 0 Å². The second-order valence-corrected chi connectivity index (χ2v) is 7.05. The normalized spacial score (nSPS) is 10.9. The average Bonchev–Trinajstić information content (AvgIpc) is 3.16. The van der Waals surface area contributed by atoms with E-state index in [9.17, 15) is 4.79 Å². The molecule has 0 atom stereocenters. The van der Waals surface area contributed by atoms with E-state index in [0.717, 1.165) is 27.5 Å². The predicted molar refractivity (Wildman–Crippen MR) is 112 cm³/mol. The molecule has 2 heterocycles. The first kappa shape index (κ1) is 18.3. The molecule has 0 radical (unpaired) electrons. The molecule has 0 amide bonds. The molecule has 5 nitrogen and oxygen atoms in total. The van der Waals surface area contributed by atoms with Gasteiger partial charge in [0.05, 0.1) is 24.9 Å². The number of thiophene rings is 1. The molecule has 0 spiro atoms. The Morgan fingerprint density at radius 1 is 1.00 bits per heavy atom. The van der Waals surface area contributed by atoms with Gasteiger partial charge in [-0.1, -0.05) is 30.3 Å². The van der Waals surface area contributed by atoms with Crippen LogP contribution in [0.2, 0.25) is 0 Å². The number of hydrogen-bond acceptors (Lipinski definition) is 5. The zero-order valence-electron chi connectivity index (χ0n) is 15.5. The van der Waals surface area contributed by atoms with Gasteiger partial charge in [-0.2, -0.15) is 0 Å². The Morgan fingerprint density at radius 3 is 2.50 bits per heavy atom. The summed E-state index contributed by atoms with van der Waals surface area (Å²) in [6.45, 7) is 3.42. The van der Waals surface area contributed by atoms with Crippen molar-refractivity contribution in [1.29, 1.82) is 0 Å². The molecule has 28 heavy (non-hydrogen) atoms. The van der Waals surface area contributed by atoms with Crippen molar-refractivity contribution in [2.45, 2.75) is 13.5 Å². The second kappa shape index (κ2) is 8.27. The van der Waals surface area contributed by atoms with Crippen molar-refractivity contribution < 1.29 is 9.47 Å². The highest BCUT2D eigenvalue weighted by Gasteiger charge is 2.13. The highest BCUT2D eigenvalue weighted by molar-refractivity contribution is 7.17. The number of benzene rings is 2. The average molecular weight is 392 g/mol. The number of ether oxygens (including phenoxy) is 2. The zero-order valence-corrected chi connectivity index (χ0v) is 16.3. The predicted octanol–water partition coefficient (Wildman–Crippen LogP) is 4.60. The molecule has 0 aliphatic carbocycles. The molecular weight excluding hydrogens is 372 g/mol. The Balaban J connectivity index is 1.59. The molecule has 6 heteroatoms. The molecule has 4 rings (SSSR count). The van der Waals surface area contributed by atoms with Gasteiger partial charge in [-0.05, 0) is 36.8 Å². The second-order valence-electron chi connectivity index (χ2n) is 6.19. The van der Waals surface area contributed by atoms with Crippen molar-refractivity contribution in [2.75, 3.05) is 13.2 Å². The van der Waals surface area contributed by atoms with Gasteiger partial charge in [-0.25, -0.2) is 4.98 Å². The van der Waals surface area contributed by atoms with E-state index in [0.29, 0.717) is 25.1 Å². The van der Waals surface area contributed by atoms with Crippen LogP contribution in [0.25, 0.3) is 21.3 Å². The number of rotatable bonds is 7. The molecule has 2 aromatic carbocycles. The fourth-order valence-electron chi connectivity index (χ4n) is 3.02. The summed E-state index contributed by atoms with van der Waals surface area (Å²) in [5, 5.41) is 2.64. The highest BCUT2D eigenvalue weighted by atomic mass is 32.1. The standard InChI is InChI=1S/C22H20N2O3S/c1-2-26-18-10-8-16(9-11-18)19-14-28-21-20(19)22(25)24(15-23-21)12-13-27-17-6-4-3-5-7-17/h3-11,14-15H,2,12-13H2,1H3. The number of aromatic nitrogens is 2. The summed E-state index contributed by atoms with van der Waals surface area (Å²) in [6.07, 6.45) is 1.59. The maximum atomic E-state index is 13.0. The SMILES string of the molecule is CCOc1ccc(-c2csc3ncn(CCOc4ccccc4)c(=O)c23)cc1. The van der Waals surface area contributed by atoms with Crippen molar-refractivity contribution >= 4 is 21.6 Å². The maximum Gasteiger partial charge on any atom is 0.262 e. The summed E-state index contributed by atoms with van der Waals surface area (Å²) in [5.41, 5.74) is 1.83. The summed E-state index contributed by atoms with van der Waals surface area (Å²) in [5.74, 6) is 1.61. The summed E-state index contributed by atoms with van der Waals surface area (Å²) in [4.78, 5) is 18.3. The Bertz CT molecular complexity index is 1120. The quantitative estimate of drug-likeness (QED) is 0.461. The lowest BCUT2D eigenvalue weighted by molar-refractivity contribution is 0.296. The third-order valence-corrected chi connectivity index (χ3v) is 5.27. The van der Waals surface area contributed by atoms with Crippen LogP contribution in [-0.2, 0) is 6.54 Å². The van der Waals surface area contributed by atoms with Crippen LogP contribution in [-0.4, -0.2) is 22.8 Å². The van der Waals surface area contributed by atoms with Gasteiger partial charge in [0.1, 0.15) is 22.9 Å². The van der Waals surface area contributed by atoms with Crippen LogP contribution in [0, 0.1) is 0 Å². The van der Waals surface area contributed by atoms with E-state index in [1.165, 1.54) is 11.3 Å². The number of hydrogen-bond donors (Lipinski definition) is 0. The summed E-state index contributed by atoms with van der Waals surface area (Å²) in [6, 6.07) is 17.4. The van der Waals surface area contributed by atoms with Crippen molar-refractivity contribution in [3.8, 4) is 22.6 Å². The summed E-state index contributed by atoms with van der Waals surface area (Å²) in [7, 11) is 0. The number of para-hydroxylation sites is 1. The first-order valence-electron chi connectivity index (χ1n) is 9.14. The molecule has 0 aliphatic rings. The first-order chi connectivity index (χ1) is 13.8. The van der Waals surface area contributed by atoms with Gasteiger partial charge in [0.2, 0.25) is 0 Å². The fourth-order valence-corrected chi connectivity index (χ4v) is 3.92. The van der Waals surface area contributed by atoms with Gasteiger partial charge in [0, 0.05) is 10.9 Å². The Morgan fingerprint density at radius 2 is 1.75 bits per heavy atom. The Hall–Kier alpha value is -3.12. The fraction of sp³-hybridized carbons (Fsp3) is 0.182. The summed E-state index contributed by atoms with van der Waals surface area (Å²) < 4.78 is 12.8. The van der Waals surface area contributed by atoms with E-state index in [-0.39, 0.29) is 5.56 Å². The van der Waals surface area contributed by atoms with E-state index < -0.39 is 0 Å². The molecule has 2 aromatic heterocycles. The van der Waals surface area contributed by atoms with Crippen LogP contribution in [0.3, 0.4) is 0 Å². The molecule has 0 unspecified atom stereocenters. The zero-order chi connectivity index (χ0) is 19.3. The van der Waals surface area contributed by atoms with Crippen LogP contribution in [0.5, 0.6) is 11.5 Å². The molecule has 4 aromatic rings. The van der Waals surface area contributed by atoms with Crippen molar-refractivity contribution in [3.05, 3.63) is 76.7 Å². The van der Waals surface area contributed by atoms with Crippen molar-refractivity contribution in [2.24, 2.45) is 0 Å². The van der Waals surface area contributed by atoms with E-state index in [1.807, 2.05) is 66.9 Å². The topological polar surface area (TPSA) is 53.4 Å². The third-order valence-electron chi connectivity index (χ3n) is 4.38. The van der Waals surface area contributed by atoms with Crippen LogP contribution in [0.1, 0.15) is 6.92 Å². The molecule has 142 valence electrons. The first-order valence-corrected chi connectivity index (χ1v) is 10.0. The van der Waals surface area contributed by atoms with Gasteiger partial charge in [0.15, 0.2) is 0 Å². The lowest BCUT2D eigenvalue weighted by Crippen LogP contribution is -2.23. The monoisotopic (exact) mass is 392 g/mol. The Labute approximate surface area is 166 Å². The molecule has 0 saturated heterocycles. The van der Waals surface area contributed by atoms with Crippen LogP contribution >= 0.6 is 11.3 Å². The van der Waals surface area contributed by atoms with Gasteiger partial charge in [0.25, 0.3) is 5.56 Å². The van der Waals surface area contributed by atoms with Crippen LogP contribution in [0.4, 0.5) is 0 Å². The molecular formula is C22H20N2O3S. The smallest absolute Gasteiger partial charge is 0.262 e. The number of fused-ring (bicyclic) bond motifs is 1. The molecule has 0 bridgehead atoms. The molecule has 0 fully saturated rings. The minimum absolute atomic E-state index is 0.0493. The maximum absolute atomic E-state index is 13.0. The molecule has 0 aliphatic heterocycles. The van der Waals surface area contributed by atoms with Gasteiger partial charge in [-0.3, -0.25) is 9.36 Å². The Kier molecular flexibility index (Phi) is 5.39. The number of nitrogens with zero attached hydrogens (tertiary/aromatic N) is 2. The van der Waals surface area contributed by atoms with Gasteiger partial charge < -0.3 is 9.47 Å².